The van der Waals surface area contributed by atoms with Gasteiger partial charge in [0, 0.05) is 6.42 Å². The fraction of sp³-hybridized carbons (Fsp3) is 0.879. The van der Waals surface area contributed by atoms with Crippen molar-refractivity contribution in [2.75, 3.05) is 13.2 Å². The molecule has 0 bridgehead atoms. The average molecular weight is 949 g/mol. The highest BCUT2D eigenvalue weighted by atomic mass is 16.7. The molecule has 394 valence electrons. The molecule has 1 aliphatic heterocycles. The Morgan fingerprint density at radius 2 is 0.851 bits per heavy atom. The zero-order valence-electron chi connectivity index (χ0n) is 43.7. The van der Waals surface area contributed by atoms with Gasteiger partial charge in [0.2, 0.25) is 5.91 Å². The van der Waals surface area contributed by atoms with E-state index in [2.05, 4.69) is 43.5 Å². The number of aliphatic hydroxyl groups excluding tert-OH is 5. The molecule has 67 heavy (non-hydrogen) atoms. The van der Waals surface area contributed by atoms with Gasteiger partial charge in [-0.05, 0) is 57.8 Å². The lowest BCUT2D eigenvalue weighted by Crippen LogP contribution is -2.60. The highest BCUT2D eigenvalue weighted by molar-refractivity contribution is 5.76. The Bertz CT molecular complexity index is 1150. The van der Waals surface area contributed by atoms with E-state index in [1.807, 2.05) is 6.08 Å². The van der Waals surface area contributed by atoms with Crippen LogP contribution in [0.5, 0.6) is 0 Å². The number of ether oxygens (including phenoxy) is 2. The Hall–Kier alpha value is -1.59. The number of hydrogen-bond donors (Lipinski definition) is 6. The van der Waals surface area contributed by atoms with Crippen molar-refractivity contribution in [3.8, 4) is 0 Å². The molecule has 6 N–H and O–H groups in total. The van der Waals surface area contributed by atoms with Crippen molar-refractivity contribution in [2.45, 2.75) is 314 Å². The SMILES string of the molecule is CCCCC/C=C\CCCCCCCC(=O)NC(COC1OC(CO)C(O)C(O)C1O)C(O)/C=C/CC/C=C/CCCCCCCCCCCCCCCCCCCCCCCCCCCC. The summed E-state index contributed by atoms with van der Waals surface area (Å²) >= 11 is 0. The van der Waals surface area contributed by atoms with Crippen LogP contribution in [0.3, 0.4) is 0 Å². The van der Waals surface area contributed by atoms with Crippen LogP contribution >= 0.6 is 0 Å². The number of amides is 1. The van der Waals surface area contributed by atoms with Gasteiger partial charge in [-0.25, -0.2) is 0 Å². The molecule has 0 radical (unpaired) electrons. The molecule has 1 rings (SSSR count). The summed E-state index contributed by atoms with van der Waals surface area (Å²) in [6.45, 7) is 3.75. The molecule has 7 unspecified atom stereocenters. The number of nitrogens with one attached hydrogen (secondary N) is 1. The minimum atomic E-state index is -1.57. The molecule has 9 nitrogen and oxygen atoms in total. The molecular formula is C58H109NO8. The first kappa shape index (κ1) is 63.4. The van der Waals surface area contributed by atoms with Gasteiger partial charge in [0.1, 0.15) is 24.4 Å². The molecule has 0 aromatic rings. The normalized spacial score (nSPS) is 19.9. The van der Waals surface area contributed by atoms with E-state index in [1.54, 1.807) is 6.08 Å². The zero-order valence-corrected chi connectivity index (χ0v) is 43.7. The monoisotopic (exact) mass is 948 g/mol. The maximum Gasteiger partial charge on any atom is 0.220 e. The summed E-state index contributed by atoms with van der Waals surface area (Å²) in [5.74, 6) is -0.196. The summed E-state index contributed by atoms with van der Waals surface area (Å²) in [6.07, 6.45) is 55.3. The lowest BCUT2D eigenvalue weighted by Gasteiger charge is -2.40. The quantitative estimate of drug-likeness (QED) is 0.0261. The standard InChI is InChI=1S/C58H109NO8/c1-3-5-7-9-11-13-15-17-18-19-20-21-22-23-24-25-26-27-28-29-30-31-32-33-34-35-36-37-39-41-43-45-47-52(61)51(50-66-58-57(65)56(64)55(63)53(49-60)67-58)59-54(62)48-46-44-42-40-38-16-14-12-10-8-6-4-2/h12,14,37,39,45,47,51-53,55-58,60-61,63-65H,3-11,13,15-36,38,40-44,46,48-50H2,1-2H3,(H,59,62)/b14-12-,39-37+,47-45+. The molecule has 1 aliphatic rings. The summed E-state index contributed by atoms with van der Waals surface area (Å²) < 4.78 is 11.2. The minimum absolute atomic E-state index is 0.196. The molecule has 0 aromatic carbocycles. The summed E-state index contributed by atoms with van der Waals surface area (Å²) in [5, 5.41) is 54.3. The topological polar surface area (TPSA) is 149 Å². The highest BCUT2D eigenvalue weighted by Gasteiger charge is 2.44. The number of rotatable bonds is 49. The summed E-state index contributed by atoms with van der Waals surface area (Å²) in [7, 11) is 0. The molecule has 0 aliphatic carbocycles. The van der Waals surface area contributed by atoms with Crippen molar-refractivity contribution in [1.82, 2.24) is 5.32 Å². The first-order valence-electron chi connectivity index (χ1n) is 28.7. The van der Waals surface area contributed by atoms with Crippen LogP contribution < -0.4 is 5.32 Å². The number of carbonyl (C=O) groups is 1. The Kier molecular flexibility index (Phi) is 45.5. The average Bonchev–Trinajstić information content (AvgIpc) is 3.33. The molecule has 1 fully saturated rings. The maximum atomic E-state index is 13.0. The van der Waals surface area contributed by atoms with Gasteiger partial charge in [0.05, 0.1) is 25.4 Å². The van der Waals surface area contributed by atoms with Crippen LogP contribution in [-0.4, -0.2) is 87.5 Å². The summed E-state index contributed by atoms with van der Waals surface area (Å²) in [4.78, 5) is 13.0. The smallest absolute Gasteiger partial charge is 0.220 e. The fourth-order valence-electron chi connectivity index (χ4n) is 9.11. The molecule has 0 spiro atoms. The van der Waals surface area contributed by atoms with Crippen LogP contribution in [0, 0.1) is 0 Å². The third kappa shape index (κ3) is 37.9. The van der Waals surface area contributed by atoms with Crippen LogP contribution in [0.15, 0.2) is 36.5 Å². The van der Waals surface area contributed by atoms with Gasteiger partial charge in [-0.15, -0.1) is 0 Å². The van der Waals surface area contributed by atoms with E-state index in [0.29, 0.717) is 6.42 Å². The number of unbranched alkanes of at least 4 members (excludes halogenated alkanes) is 35. The number of aliphatic hydroxyl groups is 5. The van der Waals surface area contributed by atoms with E-state index >= 15 is 0 Å². The highest BCUT2D eigenvalue weighted by Crippen LogP contribution is 2.23. The third-order valence-electron chi connectivity index (χ3n) is 13.7. The van der Waals surface area contributed by atoms with Crippen molar-refractivity contribution in [3.63, 3.8) is 0 Å². The molecule has 1 heterocycles. The Morgan fingerprint density at radius 1 is 0.493 bits per heavy atom. The molecule has 0 saturated carbocycles. The zero-order chi connectivity index (χ0) is 48.7. The van der Waals surface area contributed by atoms with Crippen LogP contribution in [0.4, 0.5) is 0 Å². The first-order valence-corrected chi connectivity index (χ1v) is 28.7. The van der Waals surface area contributed by atoms with Gasteiger partial charge in [0.25, 0.3) is 0 Å². The van der Waals surface area contributed by atoms with Crippen molar-refractivity contribution in [1.29, 1.82) is 0 Å². The van der Waals surface area contributed by atoms with E-state index in [-0.39, 0.29) is 12.5 Å². The number of hydrogen-bond acceptors (Lipinski definition) is 8. The lowest BCUT2D eigenvalue weighted by atomic mass is 9.99. The largest absolute Gasteiger partial charge is 0.394 e. The van der Waals surface area contributed by atoms with Crippen molar-refractivity contribution >= 4 is 5.91 Å². The second-order valence-corrected chi connectivity index (χ2v) is 20.1. The minimum Gasteiger partial charge on any atom is -0.394 e. The van der Waals surface area contributed by atoms with E-state index in [1.165, 1.54) is 193 Å². The second kappa shape index (κ2) is 48.1. The first-order chi connectivity index (χ1) is 32.8. The molecule has 9 heteroatoms. The number of allylic oxidation sites excluding steroid dienone is 5. The Labute approximate surface area is 412 Å². The molecule has 0 aromatic heterocycles. The van der Waals surface area contributed by atoms with Crippen LogP contribution in [0.25, 0.3) is 0 Å². The molecule has 1 saturated heterocycles. The maximum absolute atomic E-state index is 13.0. The van der Waals surface area contributed by atoms with Gasteiger partial charge < -0.3 is 40.3 Å². The predicted octanol–water partition coefficient (Wildman–Crippen LogP) is 14.0. The van der Waals surface area contributed by atoms with Gasteiger partial charge in [-0.2, -0.15) is 0 Å². The predicted molar refractivity (Wildman–Crippen MR) is 281 cm³/mol. The Morgan fingerprint density at radius 3 is 1.28 bits per heavy atom. The van der Waals surface area contributed by atoms with Crippen LogP contribution in [-0.2, 0) is 14.3 Å². The van der Waals surface area contributed by atoms with Crippen LogP contribution in [0.1, 0.15) is 271 Å². The van der Waals surface area contributed by atoms with Crippen molar-refractivity contribution in [2.24, 2.45) is 0 Å². The van der Waals surface area contributed by atoms with E-state index in [9.17, 15) is 30.3 Å². The van der Waals surface area contributed by atoms with Crippen LogP contribution in [0.2, 0.25) is 0 Å². The summed E-state index contributed by atoms with van der Waals surface area (Å²) in [5.41, 5.74) is 0. The molecule has 7 atom stereocenters. The molecule has 1 amide bonds. The van der Waals surface area contributed by atoms with Gasteiger partial charge in [-0.1, -0.05) is 243 Å². The number of carbonyl (C=O) groups excluding carboxylic acids is 1. The van der Waals surface area contributed by atoms with Crippen molar-refractivity contribution < 1.29 is 39.8 Å². The molecular weight excluding hydrogens is 839 g/mol. The summed E-state index contributed by atoms with van der Waals surface area (Å²) in [6, 6.07) is -0.825. The van der Waals surface area contributed by atoms with E-state index in [4.69, 9.17) is 9.47 Å². The van der Waals surface area contributed by atoms with E-state index < -0.39 is 49.5 Å². The lowest BCUT2D eigenvalue weighted by molar-refractivity contribution is -0.302. The van der Waals surface area contributed by atoms with Gasteiger partial charge >= 0.3 is 0 Å². The Balaban J connectivity index is 2.16. The van der Waals surface area contributed by atoms with Crippen molar-refractivity contribution in [3.05, 3.63) is 36.5 Å². The van der Waals surface area contributed by atoms with Gasteiger partial charge in [-0.3, -0.25) is 4.79 Å². The fourth-order valence-corrected chi connectivity index (χ4v) is 9.11. The second-order valence-electron chi connectivity index (χ2n) is 20.1. The van der Waals surface area contributed by atoms with E-state index in [0.717, 1.165) is 57.8 Å². The third-order valence-corrected chi connectivity index (χ3v) is 13.7. The van der Waals surface area contributed by atoms with Gasteiger partial charge in [0.15, 0.2) is 6.29 Å².